The molecule has 0 atom stereocenters. The number of fused-ring (bicyclic) bond motifs is 1. The molecule has 2 heterocycles. The molecule has 7 heteroatoms. The molecule has 1 aliphatic carbocycles. The molecule has 30 heavy (non-hydrogen) atoms. The van der Waals surface area contributed by atoms with E-state index in [0.717, 1.165) is 62.2 Å². The van der Waals surface area contributed by atoms with E-state index in [1.54, 1.807) is 7.11 Å². The highest BCUT2D eigenvalue weighted by Gasteiger charge is 2.29. The molecule has 162 valence electrons. The Morgan fingerprint density at radius 2 is 1.87 bits per heavy atom. The van der Waals surface area contributed by atoms with Crippen LogP contribution in [0.4, 0.5) is 0 Å². The summed E-state index contributed by atoms with van der Waals surface area (Å²) in [5.74, 6) is 1.45. The number of aromatic nitrogens is 1. The Labute approximate surface area is 178 Å². The number of nitrogens with zero attached hydrogens (tertiary/aromatic N) is 3. The van der Waals surface area contributed by atoms with Crippen LogP contribution in [-0.2, 0) is 16.1 Å². The third-order valence-corrected chi connectivity index (χ3v) is 6.43. The van der Waals surface area contributed by atoms with Crippen molar-refractivity contribution in [3.8, 4) is 5.75 Å². The number of nitrogens with one attached hydrogen (secondary N) is 1. The standard InChI is InChI=1S/C23H32N4O3/c1-30-20-6-7-21-19(16-20)8-10-27(21)17-22(28)24-9-11-25-12-14-26(15-13-25)23(29)18-4-2-3-5-18/h6-8,10,16,18H,2-5,9,11-15,17H2,1H3,(H,24,28). The molecule has 1 aromatic heterocycles. The van der Waals surface area contributed by atoms with Crippen LogP contribution >= 0.6 is 0 Å². The van der Waals surface area contributed by atoms with Crippen molar-refractivity contribution in [2.75, 3.05) is 46.4 Å². The lowest BCUT2D eigenvalue weighted by Gasteiger charge is -2.36. The van der Waals surface area contributed by atoms with Gasteiger partial charge in [-0.25, -0.2) is 0 Å². The lowest BCUT2D eigenvalue weighted by atomic mass is 10.1. The van der Waals surface area contributed by atoms with Gasteiger partial charge in [0.2, 0.25) is 11.8 Å². The molecule has 1 N–H and O–H groups in total. The highest BCUT2D eigenvalue weighted by atomic mass is 16.5. The van der Waals surface area contributed by atoms with Crippen molar-refractivity contribution >= 4 is 22.7 Å². The van der Waals surface area contributed by atoms with Crippen LogP contribution in [0.2, 0.25) is 0 Å². The van der Waals surface area contributed by atoms with E-state index >= 15 is 0 Å². The molecule has 0 bridgehead atoms. The van der Waals surface area contributed by atoms with Crippen molar-refractivity contribution < 1.29 is 14.3 Å². The SMILES string of the molecule is COc1ccc2c(ccn2CC(=O)NCCN2CCN(C(=O)C3CCCC3)CC2)c1. The Kier molecular flexibility index (Phi) is 6.57. The van der Waals surface area contributed by atoms with E-state index < -0.39 is 0 Å². The smallest absolute Gasteiger partial charge is 0.239 e. The molecule has 1 saturated heterocycles. The van der Waals surface area contributed by atoms with Gasteiger partial charge < -0.3 is 19.5 Å². The van der Waals surface area contributed by atoms with Crippen LogP contribution in [0.1, 0.15) is 25.7 Å². The number of piperazine rings is 1. The molecule has 2 aromatic rings. The third kappa shape index (κ3) is 4.78. The third-order valence-electron chi connectivity index (χ3n) is 6.43. The van der Waals surface area contributed by atoms with Crippen molar-refractivity contribution in [2.45, 2.75) is 32.2 Å². The lowest BCUT2D eigenvalue weighted by molar-refractivity contribution is -0.137. The van der Waals surface area contributed by atoms with Crippen molar-refractivity contribution in [3.05, 3.63) is 30.5 Å². The fourth-order valence-corrected chi connectivity index (χ4v) is 4.63. The van der Waals surface area contributed by atoms with Gasteiger partial charge in [-0.15, -0.1) is 0 Å². The Balaban J connectivity index is 1.18. The van der Waals surface area contributed by atoms with Gasteiger partial charge in [0.05, 0.1) is 7.11 Å². The van der Waals surface area contributed by atoms with Gasteiger partial charge in [-0.2, -0.15) is 0 Å². The van der Waals surface area contributed by atoms with Crippen molar-refractivity contribution in [1.82, 2.24) is 19.7 Å². The maximum atomic E-state index is 12.5. The lowest BCUT2D eigenvalue weighted by Crippen LogP contribution is -2.51. The summed E-state index contributed by atoms with van der Waals surface area (Å²) < 4.78 is 7.21. The minimum absolute atomic E-state index is 0.0124. The minimum Gasteiger partial charge on any atom is -0.497 e. The number of amides is 2. The fraction of sp³-hybridized carbons (Fsp3) is 0.565. The monoisotopic (exact) mass is 412 g/mol. The van der Waals surface area contributed by atoms with Gasteiger partial charge in [0.15, 0.2) is 0 Å². The molecule has 0 spiro atoms. The molecular weight excluding hydrogens is 380 g/mol. The second-order valence-corrected chi connectivity index (χ2v) is 8.37. The summed E-state index contributed by atoms with van der Waals surface area (Å²) in [5, 5.41) is 4.09. The van der Waals surface area contributed by atoms with Crippen LogP contribution in [0.25, 0.3) is 10.9 Å². The number of carbonyl (C=O) groups is 2. The van der Waals surface area contributed by atoms with E-state index in [1.807, 2.05) is 39.9 Å². The molecule has 0 radical (unpaired) electrons. The molecule has 1 saturated carbocycles. The maximum absolute atomic E-state index is 12.5. The zero-order valence-electron chi connectivity index (χ0n) is 17.8. The van der Waals surface area contributed by atoms with Gasteiger partial charge in [0.25, 0.3) is 0 Å². The molecule has 0 unspecified atom stereocenters. The van der Waals surface area contributed by atoms with E-state index in [1.165, 1.54) is 12.8 Å². The van der Waals surface area contributed by atoms with Gasteiger partial charge in [-0.3, -0.25) is 14.5 Å². The summed E-state index contributed by atoms with van der Waals surface area (Å²) in [6, 6.07) is 7.86. The topological polar surface area (TPSA) is 66.8 Å². The van der Waals surface area contributed by atoms with E-state index in [2.05, 4.69) is 10.2 Å². The maximum Gasteiger partial charge on any atom is 0.239 e. The average Bonchev–Trinajstić information content (AvgIpc) is 3.44. The predicted molar refractivity (Wildman–Crippen MR) is 116 cm³/mol. The van der Waals surface area contributed by atoms with Gasteiger partial charge in [0, 0.05) is 62.3 Å². The molecule has 7 nitrogen and oxygen atoms in total. The van der Waals surface area contributed by atoms with Crippen LogP contribution in [0, 0.1) is 5.92 Å². The summed E-state index contributed by atoms with van der Waals surface area (Å²) >= 11 is 0. The normalized spacial score (nSPS) is 18.1. The van der Waals surface area contributed by atoms with Gasteiger partial charge in [0.1, 0.15) is 12.3 Å². The summed E-state index contributed by atoms with van der Waals surface area (Å²) in [6.07, 6.45) is 6.46. The predicted octanol–water partition coefficient (Wildman–Crippen LogP) is 2.10. The number of hydrogen-bond donors (Lipinski definition) is 1. The summed E-state index contributed by atoms with van der Waals surface area (Å²) in [4.78, 5) is 29.3. The van der Waals surface area contributed by atoms with E-state index in [0.29, 0.717) is 19.0 Å². The van der Waals surface area contributed by atoms with E-state index in [-0.39, 0.29) is 11.8 Å². The van der Waals surface area contributed by atoms with Crippen LogP contribution < -0.4 is 10.1 Å². The first kappa shape index (κ1) is 20.7. The first-order valence-electron chi connectivity index (χ1n) is 11.0. The van der Waals surface area contributed by atoms with Crippen LogP contribution in [0.3, 0.4) is 0 Å². The highest BCUT2D eigenvalue weighted by Crippen LogP contribution is 2.27. The Morgan fingerprint density at radius 3 is 2.60 bits per heavy atom. The second-order valence-electron chi connectivity index (χ2n) is 8.37. The number of ether oxygens (including phenoxy) is 1. The molecule has 1 aromatic carbocycles. The summed E-state index contributed by atoms with van der Waals surface area (Å²) in [6.45, 7) is 5.14. The Morgan fingerprint density at radius 1 is 1.10 bits per heavy atom. The first-order valence-corrected chi connectivity index (χ1v) is 11.0. The minimum atomic E-state index is 0.0124. The fourth-order valence-electron chi connectivity index (χ4n) is 4.63. The zero-order valence-corrected chi connectivity index (χ0v) is 17.8. The van der Waals surface area contributed by atoms with Crippen molar-refractivity contribution in [3.63, 3.8) is 0 Å². The van der Waals surface area contributed by atoms with Gasteiger partial charge in [-0.1, -0.05) is 12.8 Å². The first-order chi connectivity index (χ1) is 14.6. The Hall–Kier alpha value is -2.54. The quantitative estimate of drug-likeness (QED) is 0.756. The average molecular weight is 413 g/mol. The highest BCUT2D eigenvalue weighted by molar-refractivity contribution is 5.84. The number of rotatable bonds is 7. The number of benzene rings is 1. The summed E-state index contributed by atoms with van der Waals surface area (Å²) in [5.41, 5.74) is 1.02. The largest absolute Gasteiger partial charge is 0.497 e. The zero-order chi connectivity index (χ0) is 20.9. The van der Waals surface area contributed by atoms with Crippen LogP contribution in [-0.4, -0.2) is 72.6 Å². The molecule has 2 amide bonds. The molecular formula is C23H32N4O3. The summed E-state index contributed by atoms with van der Waals surface area (Å²) in [7, 11) is 1.65. The molecule has 1 aliphatic heterocycles. The molecule has 2 aliphatic rings. The van der Waals surface area contributed by atoms with Gasteiger partial charge in [-0.05, 0) is 37.1 Å². The number of hydrogen-bond acceptors (Lipinski definition) is 4. The van der Waals surface area contributed by atoms with Crippen molar-refractivity contribution in [1.29, 1.82) is 0 Å². The van der Waals surface area contributed by atoms with E-state index in [9.17, 15) is 9.59 Å². The number of methoxy groups -OCH3 is 1. The number of carbonyl (C=O) groups excluding carboxylic acids is 2. The second kappa shape index (κ2) is 9.51. The van der Waals surface area contributed by atoms with Crippen LogP contribution in [0.5, 0.6) is 5.75 Å². The molecule has 2 fully saturated rings. The van der Waals surface area contributed by atoms with E-state index in [4.69, 9.17) is 4.74 Å². The Bertz CT molecular complexity index is 880. The molecule has 4 rings (SSSR count). The van der Waals surface area contributed by atoms with Crippen molar-refractivity contribution in [2.24, 2.45) is 5.92 Å². The van der Waals surface area contributed by atoms with Gasteiger partial charge >= 0.3 is 0 Å². The van der Waals surface area contributed by atoms with Crippen LogP contribution in [0.15, 0.2) is 30.5 Å².